The van der Waals surface area contributed by atoms with Gasteiger partial charge in [0.05, 0.1) is 0 Å². The first kappa shape index (κ1) is 20.0. The highest BCUT2D eigenvalue weighted by molar-refractivity contribution is 6.68. The third-order valence-electron chi connectivity index (χ3n) is 5.13. The highest BCUT2D eigenvalue weighted by Gasteiger charge is 2.45. The van der Waals surface area contributed by atoms with Gasteiger partial charge in [-0.3, -0.25) is 14.5 Å². The lowest BCUT2D eigenvalue weighted by molar-refractivity contribution is -0.131. The van der Waals surface area contributed by atoms with Gasteiger partial charge in [0.1, 0.15) is 6.17 Å². The lowest BCUT2D eigenvalue weighted by Crippen LogP contribution is -2.61. The van der Waals surface area contributed by atoms with Crippen molar-refractivity contribution in [2.45, 2.75) is 49.6 Å². The number of carbonyl (C=O) groups is 1. The van der Waals surface area contributed by atoms with Crippen LogP contribution in [0.4, 0.5) is 0 Å². The largest absolute Gasteiger partial charge is 0.336 e. The lowest BCUT2D eigenvalue weighted by atomic mass is 9.83. The molecule has 144 valence electrons. The number of halogens is 3. The summed E-state index contributed by atoms with van der Waals surface area (Å²) in [7, 11) is 0. The smallest absolute Gasteiger partial charge is 0.250 e. The van der Waals surface area contributed by atoms with E-state index in [4.69, 9.17) is 34.8 Å². The van der Waals surface area contributed by atoms with Crippen LogP contribution in [0.15, 0.2) is 23.0 Å². The maximum absolute atomic E-state index is 12.5. The van der Waals surface area contributed by atoms with E-state index in [0.29, 0.717) is 19.6 Å². The van der Waals surface area contributed by atoms with Crippen LogP contribution in [0.25, 0.3) is 0 Å². The molecule has 0 saturated carbocycles. The standard InChI is InChI=1S/C18H24Cl3N3O2/c1-17(2,3)16(26)22-15(18(19,20)21)23-8-11-7-12(10-23)13-5-4-6-14(25)24(13)9-11/h4-6,11-12,15H,7-10H2,1-3H3,(H,22,26)/t11-,12+,15+/m0/s1. The first-order chi connectivity index (χ1) is 12.0. The van der Waals surface area contributed by atoms with Crippen molar-refractivity contribution < 1.29 is 4.79 Å². The number of rotatable bonds is 2. The van der Waals surface area contributed by atoms with Crippen LogP contribution in [0.5, 0.6) is 0 Å². The monoisotopic (exact) mass is 419 g/mol. The SMILES string of the molecule is CC(C)(C)C(=O)N[C@H](N1C[C@@H]2C[C@H](C1)c1cccc(=O)n1C2)C(Cl)(Cl)Cl. The van der Waals surface area contributed by atoms with Gasteiger partial charge in [-0.1, -0.05) is 61.6 Å². The van der Waals surface area contributed by atoms with Crippen molar-refractivity contribution in [1.29, 1.82) is 0 Å². The van der Waals surface area contributed by atoms with Crippen molar-refractivity contribution in [3.8, 4) is 0 Å². The molecule has 0 unspecified atom stereocenters. The number of piperidine rings is 1. The number of nitrogens with zero attached hydrogens (tertiary/aromatic N) is 2. The summed E-state index contributed by atoms with van der Waals surface area (Å²) in [5.74, 6) is 0.293. The number of hydrogen-bond donors (Lipinski definition) is 1. The number of likely N-dealkylation sites (tertiary alicyclic amines) is 1. The normalized spacial score (nSPS) is 24.7. The second kappa shape index (κ2) is 7.01. The summed E-state index contributed by atoms with van der Waals surface area (Å²) in [5.41, 5.74) is 0.466. The predicted octanol–water partition coefficient (Wildman–Crippen LogP) is 3.13. The Labute approximate surface area is 168 Å². The number of nitrogens with one attached hydrogen (secondary N) is 1. The Morgan fingerprint density at radius 2 is 1.88 bits per heavy atom. The molecule has 1 N–H and O–H groups in total. The van der Waals surface area contributed by atoms with Gasteiger partial charge >= 0.3 is 0 Å². The molecule has 3 atom stereocenters. The summed E-state index contributed by atoms with van der Waals surface area (Å²) in [5, 5.41) is 2.91. The highest BCUT2D eigenvalue weighted by Crippen LogP contribution is 2.40. The molecule has 26 heavy (non-hydrogen) atoms. The van der Waals surface area contributed by atoms with Crippen molar-refractivity contribution >= 4 is 40.7 Å². The van der Waals surface area contributed by atoms with Crippen LogP contribution in [-0.2, 0) is 11.3 Å². The Balaban J connectivity index is 1.87. The number of alkyl halides is 3. The maximum atomic E-state index is 12.5. The molecule has 1 amide bonds. The van der Waals surface area contributed by atoms with Gasteiger partial charge in [0, 0.05) is 42.7 Å². The Kier molecular flexibility index (Phi) is 5.39. The fraction of sp³-hybridized carbons (Fsp3) is 0.667. The average Bonchev–Trinajstić information content (AvgIpc) is 2.51. The number of pyridine rings is 1. The van der Waals surface area contributed by atoms with E-state index in [1.165, 1.54) is 0 Å². The average molecular weight is 421 g/mol. The molecular weight excluding hydrogens is 397 g/mol. The number of aromatic nitrogens is 1. The van der Waals surface area contributed by atoms with Crippen LogP contribution >= 0.6 is 34.8 Å². The van der Waals surface area contributed by atoms with Crippen LogP contribution < -0.4 is 10.9 Å². The van der Waals surface area contributed by atoms with Gasteiger partial charge in [0.2, 0.25) is 9.70 Å². The topological polar surface area (TPSA) is 54.3 Å². The molecule has 2 aliphatic heterocycles. The zero-order valence-corrected chi connectivity index (χ0v) is 17.4. The predicted molar refractivity (Wildman–Crippen MR) is 105 cm³/mol. The van der Waals surface area contributed by atoms with Gasteiger partial charge in [0.15, 0.2) is 0 Å². The van der Waals surface area contributed by atoms with Gasteiger partial charge < -0.3 is 9.88 Å². The summed E-state index contributed by atoms with van der Waals surface area (Å²) < 4.78 is 0.206. The third-order valence-corrected chi connectivity index (χ3v) is 5.75. The van der Waals surface area contributed by atoms with E-state index in [1.54, 1.807) is 12.1 Å². The van der Waals surface area contributed by atoms with Crippen LogP contribution in [-0.4, -0.2) is 38.4 Å². The molecule has 5 nitrogen and oxygen atoms in total. The second-order valence-corrected chi connectivity index (χ2v) is 10.7. The molecule has 1 aromatic heterocycles. The summed E-state index contributed by atoms with van der Waals surface area (Å²) >= 11 is 18.7. The third kappa shape index (κ3) is 4.06. The molecule has 0 radical (unpaired) electrons. The second-order valence-electron chi connectivity index (χ2n) is 8.32. The lowest BCUT2D eigenvalue weighted by Gasteiger charge is -2.47. The molecule has 8 heteroatoms. The molecule has 0 aromatic carbocycles. The van der Waals surface area contributed by atoms with Crippen LogP contribution in [0.1, 0.15) is 38.8 Å². The van der Waals surface area contributed by atoms with Crippen LogP contribution in [0, 0.1) is 11.3 Å². The molecule has 1 fully saturated rings. The molecule has 1 saturated heterocycles. The van der Waals surface area contributed by atoms with E-state index >= 15 is 0 Å². The van der Waals surface area contributed by atoms with Gasteiger partial charge in [-0.05, 0) is 18.4 Å². The summed E-state index contributed by atoms with van der Waals surface area (Å²) in [4.78, 5) is 26.7. The molecule has 3 heterocycles. The molecule has 0 aliphatic carbocycles. The van der Waals surface area contributed by atoms with E-state index in [9.17, 15) is 9.59 Å². The summed E-state index contributed by atoms with van der Waals surface area (Å²) in [6, 6.07) is 5.38. The van der Waals surface area contributed by atoms with Crippen LogP contribution in [0.2, 0.25) is 0 Å². The van der Waals surface area contributed by atoms with Crippen molar-refractivity contribution in [2.24, 2.45) is 11.3 Å². The summed E-state index contributed by atoms with van der Waals surface area (Å²) in [6.07, 6.45) is 0.284. The van der Waals surface area contributed by atoms with E-state index in [0.717, 1.165) is 12.1 Å². The number of carbonyl (C=O) groups excluding carboxylic acids is 1. The minimum atomic E-state index is -1.65. The zero-order valence-electron chi connectivity index (χ0n) is 15.1. The molecule has 2 bridgehead atoms. The van der Waals surface area contributed by atoms with Crippen LogP contribution in [0.3, 0.4) is 0 Å². The number of fused-ring (bicyclic) bond motifs is 4. The van der Waals surface area contributed by atoms with Crippen molar-refractivity contribution in [3.05, 3.63) is 34.2 Å². The molecule has 0 spiro atoms. The summed E-state index contributed by atoms with van der Waals surface area (Å²) in [6.45, 7) is 7.42. The Hall–Kier alpha value is -0.750. The Bertz CT molecular complexity index is 751. The number of amides is 1. The number of hydrogen-bond acceptors (Lipinski definition) is 3. The minimum Gasteiger partial charge on any atom is -0.336 e. The van der Waals surface area contributed by atoms with E-state index in [-0.39, 0.29) is 23.3 Å². The zero-order chi connectivity index (χ0) is 19.3. The van der Waals surface area contributed by atoms with Crippen molar-refractivity contribution in [2.75, 3.05) is 13.1 Å². The van der Waals surface area contributed by atoms with Crippen molar-refractivity contribution in [1.82, 2.24) is 14.8 Å². The van der Waals surface area contributed by atoms with E-state index < -0.39 is 15.4 Å². The van der Waals surface area contributed by atoms with Gasteiger partial charge in [-0.15, -0.1) is 0 Å². The Morgan fingerprint density at radius 3 is 2.50 bits per heavy atom. The van der Waals surface area contributed by atoms with Gasteiger partial charge in [0.25, 0.3) is 5.56 Å². The molecule has 2 aliphatic rings. The quantitative estimate of drug-likeness (QED) is 0.748. The first-order valence-corrected chi connectivity index (χ1v) is 9.91. The maximum Gasteiger partial charge on any atom is 0.250 e. The minimum absolute atomic E-state index is 0.0320. The fourth-order valence-electron chi connectivity index (χ4n) is 3.87. The fourth-order valence-corrected chi connectivity index (χ4v) is 4.44. The highest BCUT2D eigenvalue weighted by atomic mass is 35.6. The molecular formula is C18H24Cl3N3O2. The Morgan fingerprint density at radius 1 is 1.19 bits per heavy atom. The first-order valence-electron chi connectivity index (χ1n) is 8.78. The molecule has 1 aromatic rings. The van der Waals surface area contributed by atoms with E-state index in [1.807, 2.05) is 36.3 Å². The van der Waals surface area contributed by atoms with Crippen molar-refractivity contribution in [3.63, 3.8) is 0 Å². The van der Waals surface area contributed by atoms with Gasteiger partial charge in [-0.25, -0.2) is 0 Å². The molecule has 3 rings (SSSR count). The van der Waals surface area contributed by atoms with Gasteiger partial charge in [-0.2, -0.15) is 0 Å². The van der Waals surface area contributed by atoms with E-state index in [2.05, 4.69) is 5.32 Å².